The van der Waals surface area contributed by atoms with Crippen LogP contribution in [0.2, 0.25) is 0 Å². The molecule has 2 rings (SSSR count). The summed E-state index contributed by atoms with van der Waals surface area (Å²) in [5, 5.41) is 3.53. The van der Waals surface area contributed by atoms with Crippen molar-refractivity contribution in [3.8, 4) is 0 Å². The maximum atomic E-state index is 3.53. The van der Waals surface area contributed by atoms with E-state index in [1.165, 1.54) is 45.3 Å². The fourth-order valence-electron chi connectivity index (χ4n) is 2.70. The van der Waals surface area contributed by atoms with E-state index in [0.717, 1.165) is 12.1 Å². The van der Waals surface area contributed by atoms with Gasteiger partial charge in [-0.05, 0) is 38.8 Å². The van der Waals surface area contributed by atoms with Crippen molar-refractivity contribution in [2.24, 2.45) is 0 Å². The van der Waals surface area contributed by atoms with Gasteiger partial charge < -0.3 is 5.32 Å². The molecule has 0 amide bonds. The van der Waals surface area contributed by atoms with Gasteiger partial charge in [-0.15, -0.1) is 0 Å². The highest BCUT2D eigenvalue weighted by Crippen LogP contribution is 2.27. The second-order valence-electron chi connectivity index (χ2n) is 4.12. The molecule has 2 heteroatoms. The zero-order valence-electron chi connectivity index (χ0n) is 8.05. The molecule has 2 fully saturated rings. The van der Waals surface area contributed by atoms with Gasteiger partial charge in [0.05, 0.1) is 0 Å². The predicted octanol–water partition coefficient (Wildman–Crippen LogP) is 1.22. The lowest BCUT2D eigenvalue weighted by Crippen LogP contribution is -2.38. The van der Waals surface area contributed by atoms with E-state index in [0.29, 0.717) is 0 Å². The second-order valence-corrected chi connectivity index (χ2v) is 4.12. The Kier molecular flexibility index (Phi) is 2.66. The Morgan fingerprint density at radius 3 is 2.92 bits per heavy atom. The van der Waals surface area contributed by atoms with Gasteiger partial charge >= 0.3 is 0 Å². The molecular weight excluding hydrogens is 148 g/mol. The molecule has 0 unspecified atom stereocenters. The zero-order chi connectivity index (χ0) is 8.39. The molecule has 2 saturated heterocycles. The van der Waals surface area contributed by atoms with E-state index in [1.807, 2.05) is 0 Å². The molecule has 70 valence electrons. The van der Waals surface area contributed by atoms with Crippen molar-refractivity contribution < 1.29 is 0 Å². The van der Waals surface area contributed by atoms with Crippen molar-refractivity contribution in [3.05, 3.63) is 0 Å². The first kappa shape index (κ1) is 8.52. The van der Waals surface area contributed by atoms with Crippen LogP contribution in [0.1, 0.15) is 32.6 Å². The van der Waals surface area contributed by atoms with Crippen LogP contribution in [0.4, 0.5) is 0 Å². The smallest absolute Gasteiger partial charge is 0.0224 e. The number of hydrogen-bond acceptors (Lipinski definition) is 2. The first-order chi connectivity index (χ1) is 5.92. The zero-order valence-corrected chi connectivity index (χ0v) is 8.05. The van der Waals surface area contributed by atoms with Gasteiger partial charge in [0.1, 0.15) is 0 Å². The molecule has 12 heavy (non-hydrogen) atoms. The molecule has 0 saturated carbocycles. The van der Waals surface area contributed by atoms with Crippen LogP contribution < -0.4 is 5.32 Å². The molecule has 2 aliphatic rings. The summed E-state index contributed by atoms with van der Waals surface area (Å²) in [6.07, 6.45) is 5.56. The van der Waals surface area contributed by atoms with Crippen molar-refractivity contribution in [1.29, 1.82) is 0 Å². The summed E-state index contributed by atoms with van der Waals surface area (Å²) in [4.78, 5) is 2.74. The van der Waals surface area contributed by atoms with E-state index in [-0.39, 0.29) is 0 Å². The summed E-state index contributed by atoms with van der Waals surface area (Å²) >= 11 is 0. The third kappa shape index (κ3) is 1.50. The molecule has 1 N–H and O–H groups in total. The quantitative estimate of drug-likeness (QED) is 0.667. The Labute approximate surface area is 75.3 Å². The van der Waals surface area contributed by atoms with Crippen LogP contribution in [0.5, 0.6) is 0 Å². The number of fused-ring (bicyclic) bond motifs is 2. The molecule has 0 aromatic carbocycles. The van der Waals surface area contributed by atoms with Gasteiger partial charge in [0.25, 0.3) is 0 Å². The summed E-state index contributed by atoms with van der Waals surface area (Å²) in [5.74, 6) is 0. The molecule has 0 spiro atoms. The van der Waals surface area contributed by atoms with Gasteiger partial charge in [-0.3, -0.25) is 4.90 Å². The Balaban J connectivity index is 1.99. The number of nitrogens with zero attached hydrogens (tertiary/aromatic N) is 1. The molecule has 2 heterocycles. The van der Waals surface area contributed by atoms with Gasteiger partial charge in [0.2, 0.25) is 0 Å². The molecule has 2 nitrogen and oxygen atoms in total. The van der Waals surface area contributed by atoms with E-state index in [2.05, 4.69) is 17.1 Å². The van der Waals surface area contributed by atoms with Crippen LogP contribution in [0.25, 0.3) is 0 Å². The summed E-state index contributed by atoms with van der Waals surface area (Å²) < 4.78 is 0. The summed E-state index contributed by atoms with van der Waals surface area (Å²) in [6.45, 7) is 6.08. The van der Waals surface area contributed by atoms with Gasteiger partial charge in [0.15, 0.2) is 0 Å². The van der Waals surface area contributed by atoms with Gasteiger partial charge in [-0.1, -0.05) is 6.92 Å². The Morgan fingerprint density at radius 1 is 1.25 bits per heavy atom. The number of rotatable bonds is 2. The minimum Gasteiger partial charge on any atom is -0.315 e. The van der Waals surface area contributed by atoms with Crippen LogP contribution >= 0.6 is 0 Å². The lowest BCUT2D eigenvalue weighted by atomic mass is 10.1. The van der Waals surface area contributed by atoms with Crippen LogP contribution in [0.3, 0.4) is 0 Å². The third-order valence-electron chi connectivity index (χ3n) is 3.29. The molecule has 0 aromatic rings. The van der Waals surface area contributed by atoms with Gasteiger partial charge in [-0.25, -0.2) is 0 Å². The van der Waals surface area contributed by atoms with Crippen molar-refractivity contribution in [2.75, 3.05) is 19.6 Å². The molecule has 0 aromatic heterocycles. The summed E-state index contributed by atoms with van der Waals surface area (Å²) in [7, 11) is 0. The molecule has 0 aliphatic carbocycles. The lowest BCUT2D eigenvalue weighted by molar-refractivity contribution is 0.203. The maximum absolute atomic E-state index is 3.53. The first-order valence-electron chi connectivity index (χ1n) is 5.38. The van der Waals surface area contributed by atoms with E-state index in [4.69, 9.17) is 0 Å². The predicted molar refractivity (Wildman–Crippen MR) is 51.3 cm³/mol. The highest BCUT2D eigenvalue weighted by atomic mass is 15.2. The minimum absolute atomic E-state index is 0.859. The van der Waals surface area contributed by atoms with E-state index < -0.39 is 0 Å². The van der Waals surface area contributed by atoms with Gasteiger partial charge in [-0.2, -0.15) is 0 Å². The second kappa shape index (κ2) is 3.75. The Bertz CT molecular complexity index is 133. The summed E-state index contributed by atoms with van der Waals surface area (Å²) in [5.41, 5.74) is 0. The average Bonchev–Trinajstić information content (AvgIpc) is 2.26. The Morgan fingerprint density at radius 2 is 2.08 bits per heavy atom. The fourth-order valence-corrected chi connectivity index (χ4v) is 2.70. The minimum atomic E-state index is 0.859. The average molecular weight is 168 g/mol. The van der Waals surface area contributed by atoms with Crippen LogP contribution in [-0.4, -0.2) is 36.6 Å². The summed E-state index contributed by atoms with van der Waals surface area (Å²) in [6, 6.07) is 1.77. The van der Waals surface area contributed by atoms with E-state index >= 15 is 0 Å². The van der Waals surface area contributed by atoms with E-state index in [9.17, 15) is 0 Å². The van der Waals surface area contributed by atoms with Gasteiger partial charge in [0, 0.05) is 18.6 Å². The molecule has 2 bridgehead atoms. The molecule has 2 atom stereocenters. The monoisotopic (exact) mass is 168 g/mol. The van der Waals surface area contributed by atoms with Crippen LogP contribution in [0.15, 0.2) is 0 Å². The fraction of sp³-hybridized carbons (Fsp3) is 1.00. The largest absolute Gasteiger partial charge is 0.315 e. The van der Waals surface area contributed by atoms with Crippen LogP contribution in [0, 0.1) is 0 Å². The highest BCUT2D eigenvalue weighted by molar-refractivity contribution is 4.91. The standard InChI is InChI=1S/C10H20N2/c1-2-7-12-9-3-4-10(12)8-11-6-5-9/h9-11H,2-8H2,1H3/t9-,10-/m1/s1. The highest BCUT2D eigenvalue weighted by Gasteiger charge is 2.33. The third-order valence-corrected chi connectivity index (χ3v) is 3.29. The van der Waals surface area contributed by atoms with Crippen molar-refractivity contribution >= 4 is 0 Å². The normalized spacial score (nSPS) is 36.8. The van der Waals surface area contributed by atoms with Crippen LogP contribution in [-0.2, 0) is 0 Å². The SMILES string of the molecule is CCCN1[C@H]2CCNC[C@H]1CC2. The molecule has 2 aliphatic heterocycles. The van der Waals surface area contributed by atoms with Crippen molar-refractivity contribution in [2.45, 2.75) is 44.7 Å². The number of nitrogens with one attached hydrogen (secondary N) is 1. The first-order valence-corrected chi connectivity index (χ1v) is 5.38. The molecule has 0 radical (unpaired) electrons. The van der Waals surface area contributed by atoms with E-state index in [1.54, 1.807) is 0 Å². The number of hydrogen-bond donors (Lipinski definition) is 1. The molecular formula is C10H20N2. The van der Waals surface area contributed by atoms with Crippen molar-refractivity contribution in [3.63, 3.8) is 0 Å². The topological polar surface area (TPSA) is 15.3 Å². The van der Waals surface area contributed by atoms with Crippen molar-refractivity contribution in [1.82, 2.24) is 10.2 Å². The maximum Gasteiger partial charge on any atom is 0.0224 e. The lowest BCUT2D eigenvalue weighted by Gasteiger charge is -2.26. The Hall–Kier alpha value is -0.0800.